The third kappa shape index (κ3) is 5.19. The lowest BCUT2D eigenvalue weighted by molar-refractivity contribution is 0.145. The monoisotopic (exact) mass is 287 g/mol. The molecule has 0 saturated heterocycles. The average molecular weight is 288 g/mol. The van der Waals surface area contributed by atoms with E-state index in [0.717, 1.165) is 12.1 Å². The Morgan fingerprint density at radius 1 is 1.44 bits per heavy atom. The highest BCUT2D eigenvalue weighted by molar-refractivity contribution is 6.34. The van der Waals surface area contributed by atoms with Gasteiger partial charge >= 0.3 is 0 Å². The molecule has 0 atom stereocenters. The molecule has 6 heteroatoms. The normalized spacial score (nSPS) is 10.6. The molecule has 0 radical (unpaired) electrons. The van der Waals surface area contributed by atoms with Gasteiger partial charge in [-0.25, -0.2) is 4.98 Å². The van der Waals surface area contributed by atoms with E-state index >= 15 is 0 Å². The van der Waals surface area contributed by atoms with Gasteiger partial charge in [-0.1, -0.05) is 23.2 Å². The van der Waals surface area contributed by atoms with Crippen molar-refractivity contribution in [2.75, 3.05) is 26.8 Å². The molecule has 0 saturated carbocycles. The Labute approximate surface area is 117 Å². The number of hydrogen-bond donors (Lipinski definition) is 0. The highest BCUT2D eigenvalue weighted by Gasteiger charge is 2.09. The van der Waals surface area contributed by atoms with Gasteiger partial charge in [0.25, 0.3) is 0 Å². The van der Waals surface area contributed by atoms with Gasteiger partial charge in [0.1, 0.15) is 5.15 Å². The first kappa shape index (κ1) is 15.2. The number of methoxy groups -OCH3 is 1. The van der Waals surface area contributed by atoms with Crippen LogP contribution in [0.1, 0.15) is 12.0 Å². The zero-order chi connectivity index (χ0) is 13.4. The number of aromatic nitrogens is 1. The van der Waals surface area contributed by atoms with Gasteiger partial charge in [0.05, 0.1) is 12.7 Å². The van der Waals surface area contributed by atoms with Crippen molar-refractivity contribution in [1.82, 2.24) is 9.88 Å². The zero-order valence-electron chi connectivity index (χ0n) is 10.2. The fourth-order valence-electron chi connectivity index (χ4n) is 1.49. The zero-order valence-corrected chi connectivity index (χ0v) is 11.7. The largest absolute Gasteiger partial charge is 0.383 e. The standard InChI is InChI=1S/C12H15Cl2N3O/c1-18-6-5-17(4-2-3-15)9-10-8-16-12(14)7-11(10)13/h7-8H,2,4-6,9H2,1H3. The van der Waals surface area contributed by atoms with Crippen molar-refractivity contribution >= 4 is 23.2 Å². The lowest BCUT2D eigenvalue weighted by atomic mass is 10.2. The summed E-state index contributed by atoms with van der Waals surface area (Å²) in [5.41, 5.74) is 0.898. The number of hydrogen-bond acceptors (Lipinski definition) is 4. The maximum atomic E-state index is 8.63. The maximum Gasteiger partial charge on any atom is 0.130 e. The molecule has 0 aliphatic rings. The van der Waals surface area contributed by atoms with Crippen LogP contribution >= 0.6 is 23.2 Å². The molecule has 0 spiro atoms. The predicted molar refractivity (Wildman–Crippen MR) is 71.6 cm³/mol. The van der Waals surface area contributed by atoms with Crippen LogP contribution in [0.5, 0.6) is 0 Å². The first-order valence-electron chi connectivity index (χ1n) is 5.55. The maximum absolute atomic E-state index is 8.63. The van der Waals surface area contributed by atoms with Crippen LogP contribution in [-0.4, -0.2) is 36.7 Å². The summed E-state index contributed by atoms with van der Waals surface area (Å²) >= 11 is 11.8. The van der Waals surface area contributed by atoms with Crippen molar-refractivity contribution in [3.63, 3.8) is 0 Å². The Hall–Kier alpha value is -0.860. The van der Waals surface area contributed by atoms with E-state index in [4.69, 9.17) is 33.2 Å². The predicted octanol–water partition coefficient (Wildman–Crippen LogP) is 2.75. The summed E-state index contributed by atoms with van der Waals surface area (Å²) < 4.78 is 5.05. The minimum absolute atomic E-state index is 0.379. The lowest BCUT2D eigenvalue weighted by Crippen LogP contribution is -2.28. The summed E-state index contributed by atoms with van der Waals surface area (Å²) in [4.78, 5) is 6.11. The molecule has 4 nitrogen and oxygen atoms in total. The molecule has 0 N–H and O–H groups in total. The van der Waals surface area contributed by atoms with E-state index in [1.54, 1.807) is 19.4 Å². The number of nitrogens with zero attached hydrogens (tertiary/aromatic N) is 3. The van der Waals surface area contributed by atoms with Crippen LogP contribution in [0.15, 0.2) is 12.3 Å². The van der Waals surface area contributed by atoms with Crippen LogP contribution in [0.25, 0.3) is 0 Å². The second kappa shape index (κ2) is 8.28. The van der Waals surface area contributed by atoms with Gasteiger partial charge in [0.2, 0.25) is 0 Å². The van der Waals surface area contributed by atoms with Gasteiger partial charge in [-0.3, -0.25) is 4.90 Å². The quantitative estimate of drug-likeness (QED) is 0.724. The third-order valence-electron chi connectivity index (χ3n) is 2.44. The SMILES string of the molecule is COCCN(CCC#N)Cc1cnc(Cl)cc1Cl. The first-order chi connectivity index (χ1) is 8.67. The van der Waals surface area contributed by atoms with Gasteiger partial charge in [0.15, 0.2) is 0 Å². The van der Waals surface area contributed by atoms with E-state index in [1.807, 2.05) is 0 Å². The fraction of sp³-hybridized carbons (Fsp3) is 0.500. The molecule has 0 aromatic carbocycles. The van der Waals surface area contributed by atoms with Gasteiger partial charge in [0, 0.05) is 49.9 Å². The van der Waals surface area contributed by atoms with E-state index in [9.17, 15) is 0 Å². The molecule has 1 rings (SSSR count). The molecule has 0 bridgehead atoms. The fourth-order valence-corrected chi connectivity index (χ4v) is 1.92. The highest BCUT2D eigenvalue weighted by Crippen LogP contribution is 2.20. The Morgan fingerprint density at radius 2 is 2.22 bits per heavy atom. The molecule has 0 aliphatic heterocycles. The second-order valence-corrected chi connectivity index (χ2v) is 4.57. The first-order valence-corrected chi connectivity index (χ1v) is 6.31. The van der Waals surface area contributed by atoms with Crippen molar-refractivity contribution in [1.29, 1.82) is 5.26 Å². The summed E-state index contributed by atoms with van der Waals surface area (Å²) in [6.45, 7) is 2.67. The molecular weight excluding hydrogens is 273 g/mol. The number of halogens is 2. The molecular formula is C12H15Cl2N3O. The molecule has 0 amide bonds. The Balaban J connectivity index is 2.66. The Bertz CT molecular complexity index is 420. The number of rotatable bonds is 7. The minimum Gasteiger partial charge on any atom is -0.383 e. The van der Waals surface area contributed by atoms with Crippen LogP contribution in [0, 0.1) is 11.3 Å². The minimum atomic E-state index is 0.379. The molecule has 18 heavy (non-hydrogen) atoms. The van der Waals surface area contributed by atoms with Crippen LogP contribution in [0.4, 0.5) is 0 Å². The van der Waals surface area contributed by atoms with Crippen molar-refractivity contribution in [2.24, 2.45) is 0 Å². The van der Waals surface area contributed by atoms with E-state index in [0.29, 0.717) is 36.3 Å². The van der Waals surface area contributed by atoms with Gasteiger partial charge in [-0.05, 0) is 6.07 Å². The molecule has 1 aromatic rings. The summed E-state index contributed by atoms with van der Waals surface area (Å²) in [6.07, 6.45) is 2.14. The number of pyridine rings is 1. The lowest BCUT2D eigenvalue weighted by Gasteiger charge is -2.21. The van der Waals surface area contributed by atoms with Gasteiger partial charge in [-0.2, -0.15) is 5.26 Å². The van der Waals surface area contributed by atoms with Crippen LogP contribution in [0.2, 0.25) is 10.2 Å². The summed E-state index contributed by atoms with van der Waals surface area (Å²) in [7, 11) is 1.65. The molecule has 0 unspecified atom stereocenters. The summed E-state index contributed by atoms with van der Waals surface area (Å²) in [6, 6.07) is 3.75. The Morgan fingerprint density at radius 3 is 2.83 bits per heavy atom. The number of nitriles is 1. The Kier molecular flexibility index (Phi) is 6.99. The second-order valence-electron chi connectivity index (χ2n) is 3.78. The van der Waals surface area contributed by atoms with Crippen molar-refractivity contribution in [2.45, 2.75) is 13.0 Å². The van der Waals surface area contributed by atoms with Gasteiger partial charge in [-0.15, -0.1) is 0 Å². The molecule has 0 aliphatic carbocycles. The summed E-state index contributed by atoms with van der Waals surface area (Å²) in [5, 5.41) is 9.60. The van der Waals surface area contributed by atoms with Crippen LogP contribution in [-0.2, 0) is 11.3 Å². The summed E-state index contributed by atoms with van der Waals surface area (Å²) in [5.74, 6) is 0. The molecule has 98 valence electrons. The van der Waals surface area contributed by atoms with Gasteiger partial charge < -0.3 is 4.74 Å². The van der Waals surface area contributed by atoms with Crippen molar-refractivity contribution in [3.8, 4) is 6.07 Å². The third-order valence-corrected chi connectivity index (χ3v) is 3.00. The number of ether oxygens (including phenoxy) is 1. The van der Waals surface area contributed by atoms with Crippen LogP contribution < -0.4 is 0 Å². The smallest absolute Gasteiger partial charge is 0.130 e. The highest BCUT2D eigenvalue weighted by atomic mass is 35.5. The van der Waals surface area contributed by atoms with E-state index in [2.05, 4.69) is 16.0 Å². The molecule has 1 heterocycles. The van der Waals surface area contributed by atoms with E-state index in [-0.39, 0.29) is 0 Å². The topological polar surface area (TPSA) is 49.1 Å². The van der Waals surface area contributed by atoms with Crippen molar-refractivity contribution in [3.05, 3.63) is 28.0 Å². The average Bonchev–Trinajstić information content (AvgIpc) is 2.35. The van der Waals surface area contributed by atoms with E-state index < -0.39 is 0 Å². The van der Waals surface area contributed by atoms with Crippen molar-refractivity contribution < 1.29 is 4.74 Å². The van der Waals surface area contributed by atoms with E-state index in [1.165, 1.54) is 0 Å². The molecule has 1 aromatic heterocycles. The molecule has 0 fully saturated rings. The van der Waals surface area contributed by atoms with Crippen LogP contribution in [0.3, 0.4) is 0 Å².